The zero-order valence-electron chi connectivity index (χ0n) is 13.7. The van der Waals surface area contributed by atoms with Gasteiger partial charge >= 0.3 is 0 Å². The summed E-state index contributed by atoms with van der Waals surface area (Å²) in [6.45, 7) is 0. The van der Waals surface area contributed by atoms with Crippen LogP contribution in [-0.2, 0) is 0 Å². The highest BCUT2D eigenvalue weighted by molar-refractivity contribution is 6.32. The Bertz CT molecular complexity index is 1270. The standard InChI is InChI=1S/C21H10Cl2N2O2/c22-15-8-16(14-5-6-25-20(23)7-14)21-17(9-15)18(26)10-19(27-21)13-3-1-12(11-24)2-4-13/h1-10H. The van der Waals surface area contributed by atoms with Crippen molar-refractivity contribution < 1.29 is 4.42 Å². The maximum Gasteiger partial charge on any atom is 0.193 e. The summed E-state index contributed by atoms with van der Waals surface area (Å²) >= 11 is 12.2. The third-order valence-electron chi connectivity index (χ3n) is 4.13. The maximum atomic E-state index is 12.7. The van der Waals surface area contributed by atoms with Crippen LogP contribution < -0.4 is 5.43 Å². The molecule has 0 spiro atoms. The molecule has 27 heavy (non-hydrogen) atoms. The zero-order valence-corrected chi connectivity index (χ0v) is 15.3. The first-order valence-corrected chi connectivity index (χ1v) is 8.70. The van der Waals surface area contributed by atoms with Gasteiger partial charge in [-0.2, -0.15) is 5.26 Å². The summed E-state index contributed by atoms with van der Waals surface area (Å²) in [5, 5.41) is 10.1. The monoisotopic (exact) mass is 392 g/mol. The van der Waals surface area contributed by atoms with Crippen LogP contribution in [0.1, 0.15) is 5.56 Å². The molecule has 0 N–H and O–H groups in total. The van der Waals surface area contributed by atoms with Gasteiger partial charge in [-0.25, -0.2) is 4.98 Å². The number of fused-ring (bicyclic) bond motifs is 1. The molecule has 2 aromatic heterocycles. The Labute approximate surface area is 164 Å². The van der Waals surface area contributed by atoms with E-state index in [0.29, 0.717) is 43.6 Å². The minimum atomic E-state index is -0.209. The van der Waals surface area contributed by atoms with E-state index in [1.807, 2.05) is 0 Å². The van der Waals surface area contributed by atoms with E-state index in [9.17, 15) is 4.79 Å². The van der Waals surface area contributed by atoms with Crippen molar-refractivity contribution in [3.63, 3.8) is 0 Å². The molecule has 0 aliphatic heterocycles. The van der Waals surface area contributed by atoms with Crippen LogP contribution in [-0.4, -0.2) is 4.98 Å². The molecule has 0 aliphatic rings. The number of hydrogen-bond acceptors (Lipinski definition) is 4. The normalized spacial score (nSPS) is 10.7. The number of nitrogens with zero attached hydrogens (tertiary/aromatic N) is 2. The summed E-state index contributed by atoms with van der Waals surface area (Å²) in [6.07, 6.45) is 1.58. The van der Waals surface area contributed by atoms with Crippen LogP contribution >= 0.6 is 23.2 Å². The van der Waals surface area contributed by atoms with Crippen LogP contribution in [0.15, 0.2) is 70.0 Å². The van der Waals surface area contributed by atoms with Gasteiger partial charge in [-0.05, 0) is 54.1 Å². The highest BCUT2D eigenvalue weighted by Gasteiger charge is 2.14. The lowest BCUT2D eigenvalue weighted by Crippen LogP contribution is -2.01. The lowest BCUT2D eigenvalue weighted by Gasteiger charge is -2.09. The fourth-order valence-corrected chi connectivity index (χ4v) is 3.25. The van der Waals surface area contributed by atoms with Crippen LogP contribution in [0.5, 0.6) is 0 Å². The second-order valence-electron chi connectivity index (χ2n) is 5.86. The number of pyridine rings is 1. The summed E-state index contributed by atoms with van der Waals surface area (Å²) in [4.78, 5) is 16.7. The number of hydrogen-bond donors (Lipinski definition) is 0. The van der Waals surface area contributed by atoms with Gasteiger partial charge in [0.25, 0.3) is 0 Å². The first kappa shape index (κ1) is 17.3. The number of rotatable bonds is 2. The maximum absolute atomic E-state index is 12.7. The van der Waals surface area contributed by atoms with Crippen LogP contribution in [0, 0.1) is 11.3 Å². The van der Waals surface area contributed by atoms with Crippen LogP contribution in [0.25, 0.3) is 33.4 Å². The van der Waals surface area contributed by atoms with E-state index >= 15 is 0 Å². The first-order chi connectivity index (χ1) is 13.0. The van der Waals surface area contributed by atoms with E-state index in [4.69, 9.17) is 32.9 Å². The molecule has 0 bridgehead atoms. The van der Waals surface area contributed by atoms with Gasteiger partial charge in [0.2, 0.25) is 0 Å². The quantitative estimate of drug-likeness (QED) is 0.410. The van der Waals surface area contributed by atoms with Crippen molar-refractivity contribution in [3.05, 3.63) is 86.8 Å². The van der Waals surface area contributed by atoms with Gasteiger partial charge in [0, 0.05) is 28.4 Å². The van der Waals surface area contributed by atoms with Gasteiger partial charge < -0.3 is 4.42 Å². The van der Waals surface area contributed by atoms with Crippen LogP contribution in [0.3, 0.4) is 0 Å². The Morgan fingerprint density at radius 3 is 2.44 bits per heavy atom. The third kappa shape index (κ3) is 3.31. The SMILES string of the molecule is N#Cc1ccc(-c2cc(=O)c3cc(Cl)cc(-c4ccnc(Cl)c4)c3o2)cc1. The fraction of sp³-hybridized carbons (Fsp3) is 0. The number of halogens is 2. The van der Waals surface area contributed by atoms with E-state index in [0.717, 1.165) is 5.56 Å². The molecule has 0 atom stereocenters. The Kier molecular flexibility index (Phi) is 4.41. The summed E-state index contributed by atoms with van der Waals surface area (Å²) in [6, 6.07) is 17.1. The summed E-state index contributed by atoms with van der Waals surface area (Å²) in [7, 11) is 0. The summed E-state index contributed by atoms with van der Waals surface area (Å²) in [5.74, 6) is 0.403. The summed E-state index contributed by atoms with van der Waals surface area (Å²) < 4.78 is 6.08. The Morgan fingerprint density at radius 2 is 1.74 bits per heavy atom. The molecule has 2 aromatic carbocycles. The molecule has 0 radical (unpaired) electrons. The highest BCUT2D eigenvalue weighted by Crippen LogP contribution is 2.33. The largest absolute Gasteiger partial charge is 0.455 e. The van der Waals surface area contributed by atoms with Gasteiger partial charge in [-0.3, -0.25) is 4.79 Å². The smallest absolute Gasteiger partial charge is 0.193 e. The first-order valence-electron chi connectivity index (χ1n) is 7.95. The van der Waals surface area contributed by atoms with Crippen LogP contribution in [0.2, 0.25) is 10.2 Å². The Hall–Kier alpha value is -3.13. The van der Waals surface area contributed by atoms with E-state index < -0.39 is 0 Å². The second-order valence-corrected chi connectivity index (χ2v) is 6.69. The summed E-state index contributed by atoms with van der Waals surface area (Å²) in [5.41, 5.74) is 2.81. The van der Waals surface area contributed by atoms with E-state index in [2.05, 4.69) is 11.1 Å². The second kappa shape index (κ2) is 6.88. The van der Waals surface area contributed by atoms with Crippen molar-refractivity contribution in [3.8, 4) is 28.5 Å². The molecule has 0 unspecified atom stereocenters. The average Bonchev–Trinajstić information content (AvgIpc) is 2.68. The van der Waals surface area contributed by atoms with Gasteiger partial charge in [-0.1, -0.05) is 23.2 Å². The van der Waals surface area contributed by atoms with Gasteiger partial charge in [0.05, 0.1) is 17.0 Å². The van der Waals surface area contributed by atoms with Gasteiger partial charge in [0.1, 0.15) is 16.5 Å². The molecule has 0 amide bonds. The van der Waals surface area contributed by atoms with Crippen molar-refractivity contribution in [2.75, 3.05) is 0 Å². The van der Waals surface area contributed by atoms with E-state index in [-0.39, 0.29) is 5.43 Å². The van der Waals surface area contributed by atoms with Gasteiger partial charge in [-0.15, -0.1) is 0 Å². The Morgan fingerprint density at radius 1 is 0.963 bits per heavy atom. The van der Waals surface area contributed by atoms with Crippen molar-refractivity contribution >= 4 is 34.2 Å². The minimum absolute atomic E-state index is 0.209. The van der Waals surface area contributed by atoms with Crippen molar-refractivity contribution in [2.45, 2.75) is 0 Å². The molecule has 130 valence electrons. The number of nitriles is 1. The van der Waals surface area contributed by atoms with Crippen molar-refractivity contribution in [1.29, 1.82) is 5.26 Å². The van der Waals surface area contributed by atoms with Gasteiger partial charge in [0.15, 0.2) is 5.43 Å². The van der Waals surface area contributed by atoms with Crippen molar-refractivity contribution in [2.24, 2.45) is 0 Å². The van der Waals surface area contributed by atoms with E-state index in [1.54, 1.807) is 54.7 Å². The molecule has 0 saturated heterocycles. The lowest BCUT2D eigenvalue weighted by molar-refractivity contribution is 0.620. The molecule has 4 rings (SSSR count). The molecule has 4 nitrogen and oxygen atoms in total. The molecule has 0 saturated carbocycles. The topological polar surface area (TPSA) is 66.9 Å². The lowest BCUT2D eigenvalue weighted by atomic mass is 10.0. The molecule has 2 heterocycles. The molecule has 6 heteroatoms. The van der Waals surface area contributed by atoms with Crippen molar-refractivity contribution in [1.82, 2.24) is 4.98 Å². The third-order valence-corrected chi connectivity index (χ3v) is 4.55. The van der Waals surface area contributed by atoms with E-state index in [1.165, 1.54) is 6.07 Å². The predicted molar refractivity (Wildman–Crippen MR) is 106 cm³/mol. The molecule has 0 aliphatic carbocycles. The minimum Gasteiger partial charge on any atom is -0.455 e. The Balaban J connectivity index is 2.00. The molecular formula is C21H10Cl2N2O2. The number of benzene rings is 2. The zero-order chi connectivity index (χ0) is 19.0. The average molecular weight is 393 g/mol. The van der Waals surface area contributed by atoms with Crippen LogP contribution in [0.4, 0.5) is 0 Å². The molecule has 0 fully saturated rings. The molecular weight excluding hydrogens is 383 g/mol. The number of aromatic nitrogens is 1. The predicted octanol–water partition coefficient (Wildman–Crippen LogP) is 5.70. The fourth-order valence-electron chi connectivity index (χ4n) is 2.86. The highest BCUT2D eigenvalue weighted by atomic mass is 35.5. The molecule has 4 aromatic rings.